The van der Waals surface area contributed by atoms with Crippen LogP contribution in [-0.2, 0) is 16.1 Å². The predicted molar refractivity (Wildman–Crippen MR) is 140 cm³/mol. The Labute approximate surface area is 222 Å². The van der Waals surface area contributed by atoms with E-state index in [9.17, 15) is 23.9 Å². The van der Waals surface area contributed by atoms with E-state index in [1.54, 1.807) is 18.1 Å². The lowest BCUT2D eigenvalue weighted by atomic mass is 9.90. The number of nitrogens with one attached hydrogen (secondary N) is 1. The van der Waals surface area contributed by atoms with Crippen LogP contribution in [0.3, 0.4) is 0 Å². The molecule has 0 saturated carbocycles. The van der Waals surface area contributed by atoms with Gasteiger partial charge in [0.15, 0.2) is 5.82 Å². The zero-order valence-electron chi connectivity index (χ0n) is 22.4. The van der Waals surface area contributed by atoms with Crippen LogP contribution in [0.25, 0.3) is 11.0 Å². The molecule has 2 aliphatic heterocycles. The van der Waals surface area contributed by atoms with Gasteiger partial charge in [-0.3, -0.25) is 9.59 Å². The number of aromatic nitrogens is 2. The molecule has 1 aromatic carbocycles. The molecule has 2 amide bonds. The molecule has 1 unspecified atom stereocenters. The van der Waals surface area contributed by atoms with Gasteiger partial charge < -0.3 is 29.5 Å². The Balaban J connectivity index is 1.58. The number of rotatable bonds is 11. The first-order chi connectivity index (χ1) is 18.2. The van der Waals surface area contributed by atoms with Gasteiger partial charge in [-0.25, -0.2) is 14.2 Å². The summed E-state index contributed by atoms with van der Waals surface area (Å²) in [5.41, 5.74) is 1.10. The van der Waals surface area contributed by atoms with Gasteiger partial charge in [0, 0.05) is 58.5 Å². The molecule has 38 heavy (non-hydrogen) atoms. The van der Waals surface area contributed by atoms with Gasteiger partial charge in [-0.15, -0.1) is 0 Å². The molecule has 1 aromatic heterocycles. The minimum Gasteiger partial charge on any atom is -0.465 e. The highest BCUT2D eigenvalue weighted by Crippen LogP contribution is 2.25. The van der Waals surface area contributed by atoms with Crippen LogP contribution in [0.2, 0.25) is 0 Å². The van der Waals surface area contributed by atoms with Gasteiger partial charge in [0.2, 0.25) is 11.7 Å². The number of carboxylic acid groups (broad SMARTS) is 1. The SMILES string of the molecule is COCCCCn1c(C(=O)C(N[C@H]2C[C@@H](C(=O)N3CCC3)CN(C(=O)O)C2)C(C)C)nc2cc(F)ccc21. The van der Waals surface area contributed by atoms with Crippen molar-refractivity contribution in [1.29, 1.82) is 0 Å². The molecule has 0 spiro atoms. The Morgan fingerprint density at radius 2 is 1.95 bits per heavy atom. The van der Waals surface area contributed by atoms with Crippen molar-refractivity contribution < 1.29 is 28.6 Å². The molecule has 3 atom stereocenters. The summed E-state index contributed by atoms with van der Waals surface area (Å²) in [5.74, 6) is -1.02. The standard InChI is InChI=1S/C27H38FN5O5/c1-17(2)23(29-20-13-18(15-32(16-20)27(36)37)26(35)31-9-6-10-31)24(34)25-30-21-14-19(28)7-8-22(21)33(25)11-4-5-12-38-3/h7-8,14,17-18,20,23,29H,4-6,9-13,15-16H2,1-3H3,(H,36,37)/t18-,20+,23?/m1/s1. The van der Waals surface area contributed by atoms with Crippen molar-refractivity contribution in [2.75, 3.05) is 39.9 Å². The molecule has 3 heterocycles. The number of nitrogens with zero attached hydrogens (tertiary/aromatic N) is 4. The summed E-state index contributed by atoms with van der Waals surface area (Å²) in [7, 11) is 1.64. The Bertz CT molecular complexity index is 1160. The topological polar surface area (TPSA) is 117 Å². The van der Waals surface area contributed by atoms with E-state index in [4.69, 9.17) is 4.74 Å². The number of hydrogen-bond donors (Lipinski definition) is 2. The van der Waals surface area contributed by atoms with Crippen LogP contribution in [-0.4, -0.2) is 94.2 Å². The Morgan fingerprint density at radius 1 is 1.18 bits per heavy atom. The maximum Gasteiger partial charge on any atom is 0.407 e. The Hall–Kier alpha value is -3.05. The number of carbonyl (C=O) groups is 3. The third-order valence-corrected chi connectivity index (χ3v) is 7.51. The molecule has 2 aromatic rings. The van der Waals surface area contributed by atoms with E-state index in [1.807, 2.05) is 18.4 Å². The van der Waals surface area contributed by atoms with Gasteiger partial charge in [0.25, 0.3) is 0 Å². The third-order valence-electron chi connectivity index (χ3n) is 7.51. The largest absolute Gasteiger partial charge is 0.465 e. The maximum atomic E-state index is 14.0. The first-order valence-electron chi connectivity index (χ1n) is 13.4. The zero-order chi connectivity index (χ0) is 27.4. The minimum atomic E-state index is -1.08. The number of piperidine rings is 1. The van der Waals surface area contributed by atoms with Gasteiger partial charge >= 0.3 is 6.09 Å². The van der Waals surface area contributed by atoms with Crippen molar-refractivity contribution in [3.05, 3.63) is 29.8 Å². The number of benzene rings is 1. The molecular formula is C27H38FN5O5. The lowest BCUT2D eigenvalue weighted by Gasteiger charge is -2.41. The number of likely N-dealkylation sites (tertiary alicyclic amines) is 2. The van der Waals surface area contributed by atoms with Crippen molar-refractivity contribution in [3.63, 3.8) is 0 Å². The highest BCUT2D eigenvalue weighted by Gasteiger charge is 2.39. The number of imidazole rings is 1. The van der Waals surface area contributed by atoms with Gasteiger partial charge in [0.05, 0.1) is 23.0 Å². The number of hydrogen-bond acceptors (Lipinski definition) is 6. The molecule has 0 radical (unpaired) electrons. The molecule has 0 bridgehead atoms. The van der Waals surface area contributed by atoms with Gasteiger partial charge in [-0.1, -0.05) is 13.8 Å². The number of amides is 2. The van der Waals surface area contributed by atoms with Crippen molar-refractivity contribution in [2.45, 2.75) is 58.2 Å². The van der Waals surface area contributed by atoms with Crippen molar-refractivity contribution >= 4 is 28.8 Å². The Morgan fingerprint density at radius 3 is 2.58 bits per heavy atom. The van der Waals surface area contributed by atoms with E-state index in [-0.39, 0.29) is 42.6 Å². The van der Waals surface area contributed by atoms with Crippen LogP contribution >= 0.6 is 0 Å². The summed E-state index contributed by atoms with van der Waals surface area (Å²) >= 11 is 0. The summed E-state index contributed by atoms with van der Waals surface area (Å²) in [6.07, 6.45) is 1.89. The highest BCUT2D eigenvalue weighted by molar-refractivity contribution is 6.00. The van der Waals surface area contributed by atoms with Gasteiger partial charge in [-0.05, 0) is 43.7 Å². The average Bonchev–Trinajstić information content (AvgIpc) is 3.20. The maximum absolute atomic E-state index is 14.0. The number of Topliss-reactive ketones (excluding diaryl/α,β-unsaturated/α-hetero) is 1. The van der Waals surface area contributed by atoms with Crippen LogP contribution < -0.4 is 5.32 Å². The fourth-order valence-corrected chi connectivity index (χ4v) is 5.35. The fourth-order valence-electron chi connectivity index (χ4n) is 5.35. The van der Waals surface area contributed by atoms with E-state index in [2.05, 4.69) is 10.3 Å². The Kier molecular flexibility index (Phi) is 8.99. The lowest BCUT2D eigenvalue weighted by Crippen LogP contribution is -2.59. The summed E-state index contributed by atoms with van der Waals surface area (Å²) in [6.45, 7) is 6.71. The summed E-state index contributed by atoms with van der Waals surface area (Å²) in [4.78, 5) is 46.3. The molecule has 2 fully saturated rings. The first kappa shape index (κ1) is 28.0. The van der Waals surface area contributed by atoms with Crippen molar-refractivity contribution in [2.24, 2.45) is 11.8 Å². The molecule has 2 N–H and O–H groups in total. The molecule has 208 valence electrons. The number of aryl methyl sites for hydroxylation is 1. The summed E-state index contributed by atoms with van der Waals surface area (Å²) in [5, 5.41) is 13.1. The molecule has 2 aliphatic rings. The van der Waals surface area contributed by atoms with Crippen LogP contribution in [0.5, 0.6) is 0 Å². The van der Waals surface area contributed by atoms with Crippen LogP contribution in [0.4, 0.5) is 9.18 Å². The number of carbonyl (C=O) groups excluding carboxylic acids is 2. The molecular weight excluding hydrogens is 493 g/mol. The van der Waals surface area contributed by atoms with Crippen LogP contribution in [0, 0.1) is 17.7 Å². The third kappa shape index (κ3) is 6.15. The van der Waals surface area contributed by atoms with Gasteiger partial charge in [0.1, 0.15) is 5.82 Å². The second kappa shape index (κ2) is 12.2. The van der Waals surface area contributed by atoms with E-state index in [1.165, 1.54) is 17.0 Å². The summed E-state index contributed by atoms with van der Waals surface area (Å²) < 4.78 is 21.0. The van der Waals surface area contributed by atoms with Crippen LogP contribution in [0.15, 0.2) is 18.2 Å². The second-order valence-electron chi connectivity index (χ2n) is 10.7. The number of unbranched alkanes of at least 4 members (excludes halogenated alkanes) is 1. The van der Waals surface area contributed by atoms with E-state index in [0.29, 0.717) is 43.7 Å². The number of methoxy groups -OCH3 is 1. The molecule has 11 heteroatoms. The van der Waals surface area contributed by atoms with E-state index < -0.39 is 23.9 Å². The monoisotopic (exact) mass is 531 g/mol. The van der Waals surface area contributed by atoms with Crippen molar-refractivity contribution in [1.82, 2.24) is 24.7 Å². The predicted octanol–water partition coefficient (Wildman–Crippen LogP) is 3.00. The molecule has 4 rings (SSSR count). The lowest BCUT2D eigenvalue weighted by molar-refractivity contribution is -0.141. The number of ketones is 1. The number of ether oxygens (including phenoxy) is 1. The number of fused-ring (bicyclic) bond motifs is 1. The van der Waals surface area contributed by atoms with Gasteiger partial charge in [-0.2, -0.15) is 0 Å². The highest BCUT2D eigenvalue weighted by atomic mass is 19.1. The molecule has 10 nitrogen and oxygen atoms in total. The number of halogens is 1. The van der Waals surface area contributed by atoms with Crippen molar-refractivity contribution in [3.8, 4) is 0 Å². The van der Waals surface area contributed by atoms with E-state index in [0.717, 1.165) is 19.3 Å². The molecule has 2 saturated heterocycles. The fraction of sp³-hybridized carbons (Fsp3) is 0.630. The second-order valence-corrected chi connectivity index (χ2v) is 10.7. The molecule has 0 aliphatic carbocycles. The normalized spacial score (nSPS) is 20.6. The first-order valence-corrected chi connectivity index (χ1v) is 13.4. The average molecular weight is 532 g/mol. The zero-order valence-corrected chi connectivity index (χ0v) is 22.4. The van der Waals surface area contributed by atoms with E-state index >= 15 is 0 Å². The summed E-state index contributed by atoms with van der Waals surface area (Å²) in [6, 6.07) is 3.30. The quantitative estimate of drug-likeness (QED) is 0.338. The smallest absolute Gasteiger partial charge is 0.407 e. The van der Waals surface area contributed by atoms with Crippen LogP contribution in [0.1, 0.15) is 50.1 Å². The minimum absolute atomic E-state index is 0.0266.